The molecule has 1 aliphatic heterocycles. The van der Waals surface area contributed by atoms with Gasteiger partial charge in [-0.3, -0.25) is 4.79 Å². The van der Waals surface area contributed by atoms with Crippen molar-refractivity contribution in [1.82, 2.24) is 9.80 Å². The molecule has 0 aliphatic carbocycles. The lowest BCUT2D eigenvalue weighted by molar-refractivity contribution is -0.137. The first-order chi connectivity index (χ1) is 9.58. The van der Waals surface area contributed by atoms with E-state index >= 15 is 0 Å². The van der Waals surface area contributed by atoms with Crippen LogP contribution in [0.1, 0.15) is 25.7 Å². The van der Waals surface area contributed by atoms with Gasteiger partial charge in [-0.25, -0.2) is 4.79 Å². The van der Waals surface area contributed by atoms with E-state index in [0.717, 1.165) is 12.8 Å². The second-order valence-electron chi connectivity index (χ2n) is 5.13. The van der Waals surface area contributed by atoms with Gasteiger partial charge in [-0.05, 0) is 25.2 Å². The number of hydrogen-bond acceptors (Lipinski definition) is 2. The number of hydrogen-bond donors (Lipinski definition) is 1. The average Bonchev–Trinajstić information content (AvgIpc) is 2.44. The van der Waals surface area contributed by atoms with Crippen molar-refractivity contribution in [2.75, 3.05) is 26.2 Å². The number of urea groups is 1. The largest absolute Gasteiger partial charge is 0.481 e. The maximum atomic E-state index is 12.3. The number of piperidine rings is 1. The Kier molecular flexibility index (Phi) is 6.84. The van der Waals surface area contributed by atoms with Crippen molar-refractivity contribution in [1.29, 1.82) is 0 Å². The maximum absolute atomic E-state index is 12.3. The van der Waals surface area contributed by atoms with Gasteiger partial charge in [0.05, 0.1) is 0 Å². The lowest BCUT2D eigenvalue weighted by Gasteiger charge is -2.35. The van der Waals surface area contributed by atoms with E-state index in [0.29, 0.717) is 38.5 Å². The predicted molar refractivity (Wildman–Crippen MR) is 78.5 cm³/mol. The van der Waals surface area contributed by atoms with Crippen molar-refractivity contribution >= 4 is 12.0 Å². The Balaban J connectivity index is 2.42. The van der Waals surface area contributed by atoms with Crippen LogP contribution in [0.2, 0.25) is 0 Å². The zero-order valence-corrected chi connectivity index (χ0v) is 12.0. The van der Waals surface area contributed by atoms with E-state index in [1.54, 1.807) is 17.1 Å². The Hall–Kier alpha value is -1.78. The minimum atomic E-state index is -0.744. The van der Waals surface area contributed by atoms with E-state index < -0.39 is 5.97 Å². The number of likely N-dealkylation sites (tertiary alicyclic amines) is 1. The number of carboxylic acid groups (broad SMARTS) is 1. The maximum Gasteiger partial charge on any atom is 0.320 e. The summed E-state index contributed by atoms with van der Waals surface area (Å²) in [6, 6.07) is 0.0153. The van der Waals surface area contributed by atoms with E-state index in [4.69, 9.17) is 5.11 Å². The van der Waals surface area contributed by atoms with Crippen LogP contribution in [0, 0.1) is 5.92 Å². The molecule has 0 saturated carbocycles. The summed E-state index contributed by atoms with van der Waals surface area (Å²) in [5.41, 5.74) is 0. The van der Waals surface area contributed by atoms with Gasteiger partial charge in [0.15, 0.2) is 0 Å². The highest BCUT2D eigenvalue weighted by atomic mass is 16.4. The van der Waals surface area contributed by atoms with Crippen molar-refractivity contribution < 1.29 is 14.7 Å². The number of carboxylic acids is 1. The van der Waals surface area contributed by atoms with Crippen LogP contribution in [-0.2, 0) is 4.79 Å². The Morgan fingerprint density at radius 3 is 2.20 bits per heavy atom. The van der Waals surface area contributed by atoms with Gasteiger partial charge in [0.2, 0.25) is 0 Å². The molecular weight excluding hydrogens is 256 g/mol. The summed E-state index contributed by atoms with van der Waals surface area (Å²) in [6.07, 6.45) is 6.12. The average molecular weight is 280 g/mol. The van der Waals surface area contributed by atoms with Crippen molar-refractivity contribution in [3.8, 4) is 0 Å². The summed E-state index contributed by atoms with van der Waals surface area (Å²) >= 11 is 0. The van der Waals surface area contributed by atoms with Crippen molar-refractivity contribution in [2.45, 2.75) is 25.7 Å². The third-order valence-corrected chi connectivity index (χ3v) is 3.62. The fourth-order valence-electron chi connectivity index (χ4n) is 2.48. The molecule has 0 aromatic rings. The Bertz CT molecular complexity index is 350. The molecule has 0 spiro atoms. The summed E-state index contributed by atoms with van der Waals surface area (Å²) in [7, 11) is 0. The molecule has 2 amide bonds. The molecule has 0 aromatic heterocycles. The SMILES string of the molecule is C=CCN(CC=C)C(=O)N1CCC(CCC(=O)O)CC1. The zero-order valence-electron chi connectivity index (χ0n) is 12.0. The highest BCUT2D eigenvalue weighted by Gasteiger charge is 2.25. The molecule has 1 fully saturated rings. The highest BCUT2D eigenvalue weighted by molar-refractivity contribution is 5.75. The molecule has 1 aliphatic rings. The minimum Gasteiger partial charge on any atom is -0.481 e. The smallest absolute Gasteiger partial charge is 0.320 e. The molecule has 0 bridgehead atoms. The lowest BCUT2D eigenvalue weighted by atomic mass is 9.92. The van der Waals surface area contributed by atoms with Gasteiger partial charge in [0, 0.05) is 32.6 Å². The predicted octanol–water partition coefficient (Wildman–Crippen LogP) is 2.36. The summed E-state index contributed by atoms with van der Waals surface area (Å²) in [5, 5.41) is 8.69. The van der Waals surface area contributed by atoms with E-state index in [1.807, 2.05) is 4.90 Å². The van der Waals surface area contributed by atoms with Crippen LogP contribution in [0.15, 0.2) is 25.3 Å². The topological polar surface area (TPSA) is 60.9 Å². The number of nitrogens with zero attached hydrogens (tertiary/aromatic N) is 2. The van der Waals surface area contributed by atoms with E-state index in [1.165, 1.54) is 0 Å². The molecule has 0 aromatic carbocycles. The summed E-state index contributed by atoms with van der Waals surface area (Å²) in [5.74, 6) is -0.325. The van der Waals surface area contributed by atoms with Crippen molar-refractivity contribution in [3.05, 3.63) is 25.3 Å². The molecule has 0 unspecified atom stereocenters. The standard InChI is InChI=1S/C15H24N2O3/c1-3-9-16(10-4-2)15(20)17-11-7-13(8-12-17)5-6-14(18)19/h3-4,13H,1-2,5-12H2,(H,18,19). The van der Waals surface area contributed by atoms with Crippen LogP contribution in [0.25, 0.3) is 0 Å². The fraction of sp³-hybridized carbons (Fsp3) is 0.600. The fourth-order valence-corrected chi connectivity index (χ4v) is 2.48. The normalized spacial score (nSPS) is 15.7. The van der Waals surface area contributed by atoms with Crippen LogP contribution < -0.4 is 0 Å². The van der Waals surface area contributed by atoms with Gasteiger partial charge in [-0.2, -0.15) is 0 Å². The highest BCUT2D eigenvalue weighted by Crippen LogP contribution is 2.22. The molecule has 1 N–H and O–H groups in total. The molecule has 1 saturated heterocycles. The first-order valence-corrected chi connectivity index (χ1v) is 7.06. The lowest BCUT2D eigenvalue weighted by Crippen LogP contribution is -2.46. The molecule has 20 heavy (non-hydrogen) atoms. The van der Waals surface area contributed by atoms with Crippen molar-refractivity contribution in [3.63, 3.8) is 0 Å². The van der Waals surface area contributed by atoms with Crippen LogP contribution in [-0.4, -0.2) is 53.1 Å². The second kappa shape index (κ2) is 8.40. The van der Waals surface area contributed by atoms with Gasteiger partial charge in [0.1, 0.15) is 0 Å². The first kappa shape index (κ1) is 16.3. The molecule has 112 valence electrons. The minimum absolute atomic E-state index is 0.0153. The Labute approximate surface area is 120 Å². The Morgan fingerprint density at radius 1 is 1.20 bits per heavy atom. The van der Waals surface area contributed by atoms with Crippen molar-refractivity contribution in [2.24, 2.45) is 5.92 Å². The summed E-state index contributed by atoms with van der Waals surface area (Å²) < 4.78 is 0. The van der Waals surface area contributed by atoms with Gasteiger partial charge in [-0.15, -0.1) is 13.2 Å². The molecular formula is C15H24N2O3. The number of rotatable bonds is 7. The Morgan fingerprint density at radius 2 is 1.75 bits per heavy atom. The number of aliphatic carboxylic acids is 1. The van der Waals surface area contributed by atoms with E-state index in [-0.39, 0.29) is 12.5 Å². The molecule has 0 radical (unpaired) electrons. The number of carbonyl (C=O) groups is 2. The molecule has 5 nitrogen and oxygen atoms in total. The van der Waals surface area contributed by atoms with Gasteiger partial charge in [-0.1, -0.05) is 12.2 Å². The summed E-state index contributed by atoms with van der Waals surface area (Å²) in [4.78, 5) is 26.4. The monoisotopic (exact) mass is 280 g/mol. The van der Waals surface area contributed by atoms with Crippen LogP contribution in [0.3, 0.4) is 0 Å². The quantitative estimate of drug-likeness (QED) is 0.728. The van der Waals surface area contributed by atoms with Gasteiger partial charge >= 0.3 is 12.0 Å². The molecule has 5 heteroatoms. The molecule has 0 atom stereocenters. The number of amides is 2. The van der Waals surface area contributed by atoms with Crippen LogP contribution >= 0.6 is 0 Å². The zero-order chi connectivity index (χ0) is 15.0. The first-order valence-electron chi connectivity index (χ1n) is 7.06. The van der Waals surface area contributed by atoms with Gasteiger partial charge < -0.3 is 14.9 Å². The summed E-state index contributed by atoms with van der Waals surface area (Å²) in [6.45, 7) is 9.76. The van der Waals surface area contributed by atoms with E-state index in [2.05, 4.69) is 13.2 Å². The third-order valence-electron chi connectivity index (χ3n) is 3.62. The van der Waals surface area contributed by atoms with Crippen LogP contribution in [0.4, 0.5) is 4.79 Å². The second-order valence-corrected chi connectivity index (χ2v) is 5.13. The van der Waals surface area contributed by atoms with Crippen LogP contribution in [0.5, 0.6) is 0 Å². The molecule has 1 rings (SSSR count). The number of carbonyl (C=O) groups excluding carboxylic acids is 1. The molecule has 1 heterocycles. The third kappa shape index (κ3) is 5.07. The van der Waals surface area contributed by atoms with E-state index in [9.17, 15) is 9.59 Å². The van der Waals surface area contributed by atoms with Gasteiger partial charge in [0.25, 0.3) is 0 Å².